The second-order valence-electron chi connectivity index (χ2n) is 6.47. The molecule has 0 aliphatic carbocycles. The molecule has 3 amide bonds. The standard InChI is InChI=1S/C21H19FN2O5/c22-16-5-1-14(2-6-16)11-12-23-18(25)13-29-21(28)15-3-7-17(8-4-15)24-19(26)9-10-20(24)27/h1-8H,9-13H2,(H,23,25). The number of ether oxygens (including phenoxy) is 1. The van der Waals surface area contributed by atoms with Gasteiger partial charge in [0.15, 0.2) is 6.61 Å². The fraction of sp³-hybridized carbons (Fsp3) is 0.238. The fourth-order valence-electron chi connectivity index (χ4n) is 2.87. The summed E-state index contributed by atoms with van der Waals surface area (Å²) in [7, 11) is 0. The van der Waals surface area contributed by atoms with Gasteiger partial charge in [0.05, 0.1) is 11.3 Å². The van der Waals surface area contributed by atoms with E-state index in [1.165, 1.54) is 36.4 Å². The highest BCUT2D eigenvalue weighted by Gasteiger charge is 2.30. The summed E-state index contributed by atoms with van der Waals surface area (Å²) in [6, 6.07) is 11.8. The van der Waals surface area contributed by atoms with Gasteiger partial charge in [-0.2, -0.15) is 0 Å². The molecule has 150 valence electrons. The minimum Gasteiger partial charge on any atom is -0.452 e. The number of carbonyl (C=O) groups excluding carboxylic acids is 4. The monoisotopic (exact) mass is 398 g/mol. The molecule has 0 saturated carbocycles. The third-order valence-electron chi connectivity index (χ3n) is 4.40. The highest BCUT2D eigenvalue weighted by Crippen LogP contribution is 2.22. The maximum absolute atomic E-state index is 12.8. The SMILES string of the molecule is O=C(COC(=O)c1ccc(N2C(=O)CCC2=O)cc1)NCCc1ccc(F)cc1. The Bertz CT molecular complexity index is 909. The lowest BCUT2D eigenvalue weighted by atomic mass is 10.1. The maximum Gasteiger partial charge on any atom is 0.338 e. The zero-order valence-corrected chi connectivity index (χ0v) is 15.5. The van der Waals surface area contributed by atoms with Crippen molar-refractivity contribution in [1.82, 2.24) is 5.32 Å². The first kappa shape index (κ1) is 20.2. The Labute approximate surface area is 166 Å². The zero-order chi connectivity index (χ0) is 20.8. The highest BCUT2D eigenvalue weighted by molar-refractivity contribution is 6.19. The number of hydrogen-bond acceptors (Lipinski definition) is 5. The Hall–Kier alpha value is -3.55. The molecule has 0 aromatic heterocycles. The van der Waals surface area contributed by atoms with Crippen LogP contribution in [0, 0.1) is 5.82 Å². The smallest absolute Gasteiger partial charge is 0.338 e. The van der Waals surface area contributed by atoms with E-state index in [0.717, 1.165) is 10.5 Å². The van der Waals surface area contributed by atoms with E-state index in [9.17, 15) is 23.6 Å². The molecule has 29 heavy (non-hydrogen) atoms. The molecule has 3 rings (SSSR count). The van der Waals surface area contributed by atoms with Crippen molar-refractivity contribution in [3.63, 3.8) is 0 Å². The summed E-state index contributed by atoms with van der Waals surface area (Å²) in [4.78, 5) is 48.4. The molecule has 7 nitrogen and oxygen atoms in total. The maximum atomic E-state index is 12.8. The lowest BCUT2D eigenvalue weighted by molar-refractivity contribution is -0.124. The fourth-order valence-corrected chi connectivity index (χ4v) is 2.87. The molecule has 1 N–H and O–H groups in total. The number of amides is 3. The first-order valence-electron chi connectivity index (χ1n) is 9.08. The van der Waals surface area contributed by atoms with E-state index in [0.29, 0.717) is 18.7 Å². The van der Waals surface area contributed by atoms with Crippen LogP contribution in [0.1, 0.15) is 28.8 Å². The Morgan fingerprint density at radius 3 is 2.21 bits per heavy atom. The van der Waals surface area contributed by atoms with Crippen LogP contribution in [0.2, 0.25) is 0 Å². The van der Waals surface area contributed by atoms with Gasteiger partial charge < -0.3 is 10.1 Å². The summed E-state index contributed by atoms with van der Waals surface area (Å²) in [6.45, 7) is -0.109. The molecule has 1 fully saturated rings. The van der Waals surface area contributed by atoms with Crippen molar-refractivity contribution < 1.29 is 28.3 Å². The van der Waals surface area contributed by atoms with Crippen molar-refractivity contribution in [2.24, 2.45) is 0 Å². The molecule has 0 bridgehead atoms. The minimum absolute atomic E-state index is 0.179. The quantitative estimate of drug-likeness (QED) is 0.569. The predicted octanol–water partition coefficient (Wildman–Crippen LogP) is 1.99. The Morgan fingerprint density at radius 2 is 1.59 bits per heavy atom. The second kappa shape index (κ2) is 9.09. The van der Waals surface area contributed by atoms with Gasteiger partial charge in [0.1, 0.15) is 5.82 Å². The molecule has 0 radical (unpaired) electrons. The third kappa shape index (κ3) is 5.25. The normalized spacial score (nSPS) is 13.5. The van der Waals surface area contributed by atoms with Crippen molar-refractivity contribution in [2.45, 2.75) is 19.3 Å². The van der Waals surface area contributed by atoms with E-state index in [2.05, 4.69) is 5.32 Å². The first-order chi connectivity index (χ1) is 13.9. The number of hydrogen-bond donors (Lipinski definition) is 1. The van der Waals surface area contributed by atoms with Crippen LogP contribution in [-0.4, -0.2) is 36.8 Å². The number of nitrogens with one attached hydrogen (secondary N) is 1. The number of nitrogens with zero attached hydrogens (tertiary/aromatic N) is 1. The van der Waals surface area contributed by atoms with Crippen molar-refractivity contribution in [3.8, 4) is 0 Å². The summed E-state index contributed by atoms with van der Waals surface area (Å²) < 4.78 is 17.8. The van der Waals surface area contributed by atoms with Crippen molar-refractivity contribution in [3.05, 3.63) is 65.5 Å². The predicted molar refractivity (Wildman–Crippen MR) is 102 cm³/mol. The van der Waals surface area contributed by atoms with Crippen LogP contribution in [0.25, 0.3) is 0 Å². The number of rotatable bonds is 7. The van der Waals surface area contributed by atoms with Gasteiger partial charge >= 0.3 is 5.97 Å². The third-order valence-corrected chi connectivity index (χ3v) is 4.40. The molecule has 2 aromatic carbocycles. The van der Waals surface area contributed by atoms with Crippen LogP contribution in [-0.2, 0) is 25.5 Å². The average Bonchev–Trinajstić information content (AvgIpc) is 3.06. The van der Waals surface area contributed by atoms with Crippen LogP contribution < -0.4 is 10.2 Å². The molecule has 1 aliphatic rings. The van der Waals surface area contributed by atoms with Crippen molar-refractivity contribution in [1.29, 1.82) is 0 Å². The van der Waals surface area contributed by atoms with Crippen molar-refractivity contribution in [2.75, 3.05) is 18.1 Å². The van der Waals surface area contributed by atoms with E-state index in [4.69, 9.17) is 4.74 Å². The van der Waals surface area contributed by atoms with Gasteiger partial charge in [-0.15, -0.1) is 0 Å². The van der Waals surface area contributed by atoms with Crippen LogP contribution in [0.3, 0.4) is 0 Å². The van der Waals surface area contributed by atoms with Gasteiger partial charge in [0.25, 0.3) is 5.91 Å². The zero-order valence-electron chi connectivity index (χ0n) is 15.5. The van der Waals surface area contributed by atoms with Crippen LogP contribution in [0.4, 0.5) is 10.1 Å². The summed E-state index contributed by atoms with van der Waals surface area (Å²) >= 11 is 0. The summed E-state index contributed by atoms with van der Waals surface area (Å²) in [5.41, 5.74) is 1.47. The van der Waals surface area contributed by atoms with Gasteiger partial charge in [-0.3, -0.25) is 19.3 Å². The summed E-state index contributed by atoms with van der Waals surface area (Å²) in [5, 5.41) is 2.62. The number of benzene rings is 2. The van der Waals surface area contributed by atoms with Gasteiger partial charge in [-0.05, 0) is 48.4 Å². The minimum atomic E-state index is -0.690. The topological polar surface area (TPSA) is 92.8 Å². The molecule has 2 aromatic rings. The molecule has 0 unspecified atom stereocenters. The van der Waals surface area contributed by atoms with Crippen LogP contribution in [0.5, 0.6) is 0 Å². The van der Waals surface area contributed by atoms with Gasteiger partial charge in [-0.1, -0.05) is 12.1 Å². The molecule has 1 heterocycles. The molecule has 0 spiro atoms. The number of carbonyl (C=O) groups is 4. The largest absolute Gasteiger partial charge is 0.452 e. The van der Waals surface area contributed by atoms with Crippen LogP contribution >= 0.6 is 0 Å². The van der Waals surface area contributed by atoms with E-state index in [1.807, 2.05) is 0 Å². The van der Waals surface area contributed by atoms with E-state index in [-0.39, 0.29) is 36.0 Å². The highest BCUT2D eigenvalue weighted by atomic mass is 19.1. The van der Waals surface area contributed by atoms with Gasteiger partial charge in [0, 0.05) is 19.4 Å². The molecular formula is C21H19FN2O5. The van der Waals surface area contributed by atoms with Crippen molar-refractivity contribution >= 4 is 29.4 Å². The summed E-state index contributed by atoms with van der Waals surface area (Å²) in [5.74, 6) is -2.02. The lowest BCUT2D eigenvalue weighted by Gasteiger charge is -2.14. The Morgan fingerprint density at radius 1 is 0.966 bits per heavy atom. The molecule has 1 saturated heterocycles. The van der Waals surface area contributed by atoms with Crippen LogP contribution in [0.15, 0.2) is 48.5 Å². The number of halogens is 1. The summed E-state index contributed by atoms with van der Waals surface area (Å²) in [6.07, 6.45) is 0.882. The number of esters is 1. The average molecular weight is 398 g/mol. The molecular weight excluding hydrogens is 379 g/mol. The number of anilines is 1. The van der Waals surface area contributed by atoms with Gasteiger partial charge in [-0.25, -0.2) is 9.18 Å². The first-order valence-corrected chi connectivity index (χ1v) is 9.08. The Kier molecular flexibility index (Phi) is 6.33. The lowest BCUT2D eigenvalue weighted by Crippen LogP contribution is -2.30. The van der Waals surface area contributed by atoms with E-state index < -0.39 is 18.5 Å². The molecule has 1 aliphatic heterocycles. The van der Waals surface area contributed by atoms with E-state index in [1.54, 1.807) is 12.1 Å². The number of imide groups is 1. The molecule has 8 heteroatoms. The second-order valence-corrected chi connectivity index (χ2v) is 6.47. The molecule has 0 atom stereocenters. The Balaban J connectivity index is 1.44. The van der Waals surface area contributed by atoms with E-state index >= 15 is 0 Å². The van der Waals surface area contributed by atoms with Gasteiger partial charge in [0.2, 0.25) is 11.8 Å².